The summed E-state index contributed by atoms with van der Waals surface area (Å²) in [5.41, 5.74) is 40.6. The number of carbonyl (C=O) groups excluding carboxylic acids is 14. The van der Waals surface area contributed by atoms with Gasteiger partial charge in [-0.05, 0) is 98.5 Å². The summed E-state index contributed by atoms with van der Waals surface area (Å²) in [5, 5.41) is 29.5. The standard InChI is InChI=1S/C82H129N17O16S/c1-11-49(9)57-42-66(102)56(48(7)8)41-69(105)73(50(10)12-2)99-76(112)55(35-47(5)6)40-68(104)60(36-51-22-15-13-16-23-51)93-71(107)45-116-44-63(64(100)29-30-70(83)106)98-77(113)59(28-21-33-92-82(88)89)95-78(114)61(37-52-24-17-14-18-25-52)96-75(111)54(34-46(3)4)39-67(103)58(27-20-32-91-81(86)87)94-79(115)62(43-72(108)109)97-74(110)53(38-65(57)101)26-19-31-90-80(84)85/h13-18,22-25,46-50,53-63,73H,11-12,19-21,26-45H2,1-10H3,(H2,83,106)(H,93,107)(H,94,115)(H,95,114)(H,96,111)(H,97,110)(H,98,113)(H,99,112)(H,108,109)(H4,84,85,90)(H4,86,87,91)(H4,88,89,92)/t49-,50-,53+,54+,55+,56-,57-,58-,59-,60-,61-,62-,63-,73-/m0/s1. The largest absolute Gasteiger partial charge is 0.481 e. The number of ketones is 6. The van der Waals surface area contributed by atoms with Gasteiger partial charge in [0.05, 0.1) is 36.3 Å². The van der Waals surface area contributed by atoms with E-state index in [1.807, 2.05) is 27.7 Å². The van der Waals surface area contributed by atoms with Gasteiger partial charge in [-0.15, -0.1) is 11.8 Å². The van der Waals surface area contributed by atoms with Crippen LogP contribution < -0.4 is 77.4 Å². The van der Waals surface area contributed by atoms with Crippen LogP contribution in [0.2, 0.25) is 0 Å². The van der Waals surface area contributed by atoms with E-state index >= 15 is 14.4 Å². The van der Waals surface area contributed by atoms with Crippen molar-refractivity contribution < 1.29 is 77.0 Å². The highest BCUT2D eigenvalue weighted by Gasteiger charge is 2.41. The molecule has 3 rings (SSSR count). The summed E-state index contributed by atoms with van der Waals surface area (Å²) in [6.45, 7) is 17.8. The number of nitrogens with one attached hydrogen (secondary N) is 7. The molecule has 116 heavy (non-hydrogen) atoms. The number of benzene rings is 2. The number of carbonyl (C=O) groups is 15. The Hall–Kier alpha value is -10.1. The first-order valence-corrected chi connectivity index (χ1v) is 41.5. The molecule has 34 heteroatoms. The molecule has 14 atom stereocenters. The number of amides is 8. The van der Waals surface area contributed by atoms with E-state index in [4.69, 9.17) is 40.1 Å². The van der Waals surface area contributed by atoms with E-state index in [0.29, 0.717) is 24.0 Å². The van der Waals surface area contributed by atoms with E-state index in [2.05, 4.69) is 52.2 Å². The Balaban J connectivity index is 2.41. The fraction of sp³-hybridized carbons (Fsp3) is 0.634. The van der Waals surface area contributed by atoms with Gasteiger partial charge in [0.2, 0.25) is 47.3 Å². The quantitative estimate of drug-likeness (QED) is 0.0293. The highest BCUT2D eigenvalue weighted by Crippen LogP contribution is 2.31. The molecule has 2 aromatic carbocycles. The molecule has 8 amide bonds. The Labute approximate surface area is 685 Å². The minimum absolute atomic E-state index is 0.0154. The van der Waals surface area contributed by atoms with Gasteiger partial charge in [0.25, 0.3) is 0 Å². The van der Waals surface area contributed by atoms with Crippen molar-refractivity contribution in [2.45, 2.75) is 240 Å². The second-order valence-electron chi connectivity index (χ2n) is 31.6. The van der Waals surface area contributed by atoms with Gasteiger partial charge in [-0.3, -0.25) is 86.9 Å². The molecule has 2 aromatic rings. The van der Waals surface area contributed by atoms with Gasteiger partial charge in [-0.2, -0.15) is 0 Å². The van der Waals surface area contributed by atoms with Gasteiger partial charge in [0, 0.05) is 106 Å². The summed E-state index contributed by atoms with van der Waals surface area (Å²) in [7, 11) is 0. The van der Waals surface area contributed by atoms with Crippen LogP contribution in [0, 0.1) is 59.2 Å². The zero-order valence-corrected chi connectivity index (χ0v) is 69.9. The molecule has 1 saturated heterocycles. The lowest BCUT2D eigenvalue weighted by Gasteiger charge is -2.30. The molecule has 0 spiro atoms. The smallest absolute Gasteiger partial charge is 0.305 e. The summed E-state index contributed by atoms with van der Waals surface area (Å²) in [4.78, 5) is 230. The first kappa shape index (κ1) is 100. The Morgan fingerprint density at radius 1 is 0.448 bits per heavy atom. The number of hydrogen-bond acceptors (Lipinski definition) is 19. The van der Waals surface area contributed by atoms with Gasteiger partial charge in [0.15, 0.2) is 41.0 Å². The molecular formula is C82H129N17O16S. The summed E-state index contributed by atoms with van der Waals surface area (Å²) >= 11 is 0.892. The number of primary amides is 1. The van der Waals surface area contributed by atoms with Crippen LogP contribution in [0.5, 0.6) is 0 Å². The molecule has 1 heterocycles. The summed E-state index contributed by atoms with van der Waals surface area (Å²) < 4.78 is 0. The van der Waals surface area contributed by atoms with Crippen LogP contribution >= 0.6 is 11.8 Å². The SMILES string of the molecule is CC[C@H](C)[C@@H]1CC(=O)[C@H](C(C)C)CC(=O)[C@H]([C@@H](C)CC)NC(=O)[C@H](CC(C)C)CC(=O)[C@H](Cc2ccccc2)NC(=O)CSC[C@@H](C(=O)CCC(N)=O)NC(=O)[C@H](CCCN=C(N)N)NC(=O)[C@H](Cc2ccccc2)NC(=O)[C@H](CC(C)C)CC(=O)[C@H](CCCN=C(N)N)NC(=O)[C@H](CC(=O)O)NC(=O)[C@H](CCCN=C(N)N)CC1=O. The van der Waals surface area contributed by atoms with E-state index < -0.39 is 215 Å². The average Bonchev–Trinajstić information content (AvgIpc) is 0.829. The molecule has 0 radical (unpaired) electrons. The number of guanidine groups is 3. The van der Waals surface area contributed by atoms with Crippen molar-refractivity contribution in [1.29, 1.82) is 0 Å². The predicted molar refractivity (Wildman–Crippen MR) is 445 cm³/mol. The van der Waals surface area contributed by atoms with Crippen LogP contribution in [0.25, 0.3) is 0 Å². The maximum Gasteiger partial charge on any atom is 0.305 e. The molecule has 0 bridgehead atoms. The van der Waals surface area contributed by atoms with Crippen LogP contribution in [-0.2, 0) is 84.8 Å². The number of aliphatic imine (C=N–C) groups is 3. The summed E-state index contributed by atoms with van der Waals surface area (Å²) in [5.74, 6) is -20.8. The van der Waals surface area contributed by atoms with E-state index in [9.17, 15) is 62.6 Å². The Bertz CT molecular complexity index is 3700. The summed E-state index contributed by atoms with van der Waals surface area (Å²) in [6, 6.07) is 7.03. The van der Waals surface area contributed by atoms with Gasteiger partial charge >= 0.3 is 5.97 Å². The minimum atomic E-state index is -1.90. The second kappa shape index (κ2) is 52.4. The first-order valence-electron chi connectivity index (χ1n) is 40.3. The Morgan fingerprint density at radius 3 is 1.36 bits per heavy atom. The molecule has 22 N–H and O–H groups in total. The molecule has 1 fully saturated rings. The number of hydrogen-bond donors (Lipinski definition) is 15. The van der Waals surface area contributed by atoms with Crippen molar-refractivity contribution in [2.75, 3.05) is 31.1 Å². The lowest BCUT2D eigenvalue weighted by atomic mass is 9.75. The average molecular weight is 1640 g/mol. The van der Waals surface area contributed by atoms with Crippen LogP contribution in [-0.4, -0.2) is 184 Å². The lowest BCUT2D eigenvalue weighted by molar-refractivity contribution is -0.142. The van der Waals surface area contributed by atoms with Crippen molar-refractivity contribution in [3.8, 4) is 0 Å². The minimum Gasteiger partial charge on any atom is -0.481 e. The highest BCUT2D eigenvalue weighted by atomic mass is 32.2. The monoisotopic (exact) mass is 1640 g/mol. The first-order chi connectivity index (χ1) is 54.7. The van der Waals surface area contributed by atoms with E-state index in [0.717, 1.165) is 11.8 Å². The zero-order chi connectivity index (χ0) is 86.9. The summed E-state index contributed by atoms with van der Waals surface area (Å²) in [6.07, 6.45) is -3.66. The zero-order valence-electron chi connectivity index (χ0n) is 69.1. The molecule has 644 valence electrons. The molecule has 0 unspecified atom stereocenters. The maximum atomic E-state index is 15.1. The van der Waals surface area contributed by atoms with Crippen LogP contribution in [0.4, 0.5) is 0 Å². The molecule has 1 aliphatic heterocycles. The number of thioether (sulfide) groups is 1. The van der Waals surface area contributed by atoms with E-state index in [1.165, 1.54) is 0 Å². The molecule has 0 aromatic heterocycles. The topological polar surface area (TPSA) is 580 Å². The van der Waals surface area contributed by atoms with Gasteiger partial charge in [-0.1, -0.05) is 143 Å². The van der Waals surface area contributed by atoms with E-state index in [1.54, 1.807) is 102 Å². The number of nitrogens with zero attached hydrogens (tertiary/aromatic N) is 3. The molecule has 33 nitrogen and oxygen atoms in total. The number of rotatable bonds is 31. The van der Waals surface area contributed by atoms with Crippen LogP contribution in [0.1, 0.15) is 196 Å². The van der Waals surface area contributed by atoms with Gasteiger partial charge in [0.1, 0.15) is 29.7 Å². The molecule has 1 aliphatic rings. The number of Topliss-reactive ketones (excluding diaryl/α,β-unsaturated/α-hetero) is 6. The van der Waals surface area contributed by atoms with Gasteiger partial charge in [-0.25, -0.2) is 0 Å². The Morgan fingerprint density at radius 2 is 0.871 bits per heavy atom. The number of carboxylic acid groups (broad SMARTS) is 1. The van der Waals surface area contributed by atoms with Crippen molar-refractivity contribution >= 4 is 118 Å². The van der Waals surface area contributed by atoms with Crippen molar-refractivity contribution in [1.82, 2.24) is 37.2 Å². The van der Waals surface area contributed by atoms with Gasteiger partial charge < -0.3 is 82.5 Å². The van der Waals surface area contributed by atoms with Crippen molar-refractivity contribution in [2.24, 2.45) is 114 Å². The van der Waals surface area contributed by atoms with Crippen LogP contribution in [0.15, 0.2) is 75.6 Å². The lowest BCUT2D eigenvalue weighted by Crippen LogP contribution is -2.57. The van der Waals surface area contributed by atoms with Crippen LogP contribution in [0.3, 0.4) is 0 Å². The normalized spacial score (nSPS) is 23.8. The number of nitrogens with two attached hydrogens (primary N) is 7. The number of aliphatic carboxylic acids is 1. The third-order valence-electron chi connectivity index (χ3n) is 20.6. The second-order valence-corrected chi connectivity index (χ2v) is 32.6. The third kappa shape index (κ3) is 38.1. The molecular weight excluding hydrogens is 1510 g/mol. The highest BCUT2D eigenvalue weighted by molar-refractivity contribution is 8.00. The maximum absolute atomic E-state index is 15.1. The predicted octanol–water partition coefficient (Wildman–Crippen LogP) is 2.80. The van der Waals surface area contributed by atoms with Crippen molar-refractivity contribution in [3.63, 3.8) is 0 Å². The fourth-order valence-corrected chi connectivity index (χ4v) is 14.7. The number of carboxylic acids is 1. The van der Waals surface area contributed by atoms with Crippen molar-refractivity contribution in [3.05, 3.63) is 71.8 Å². The molecule has 0 aliphatic carbocycles. The third-order valence-corrected chi connectivity index (χ3v) is 21.7. The van der Waals surface area contributed by atoms with E-state index in [-0.39, 0.29) is 139 Å². The molecule has 0 saturated carbocycles. The Kier molecular flexibility index (Phi) is 45.2. The fourth-order valence-electron chi connectivity index (χ4n) is 13.8.